The number of carbonyl (C=O) groups is 1. The number of nitrogens with zero attached hydrogens (tertiary/aromatic N) is 1. The first-order chi connectivity index (χ1) is 8.18. The third-order valence-corrected chi connectivity index (χ3v) is 3.38. The molecule has 2 aromatic rings. The summed E-state index contributed by atoms with van der Waals surface area (Å²) >= 11 is 5.34. The highest BCUT2D eigenvalue weighted by atomic mass is 32.1. The second-order valence-corrected chi connectivity index (χ2v) is 4.35. The number of rotatable bonds is 2. The van der Waals surface area contributed by atoms with Gasteiger partial charge < -0.3 is 10.0 Å². The Labute approximate surface area is 103 Å². The molecule has 1 aliphatic heterocycles. The lowest BCUT2D eigenvalue weighted by atomic mass is 10.1. The Kier molecular flexibility index (Phi) is 2.12. The average molecular weight is 243 g/mol. The highest BCUT2D eigenvalue weighted by molar-refractivity contribution is 7.81. The fraction of sp³-hybridized carbons (Fsp3) is 0.0769. The van der Waals surface area contributed by atoms with Crippen LogP contribution in [0.3, 0.4) is 0 Å². The molecule has 3 rings (SSSR count). The normalized spacial score (nSPS) is 13.4. The van der Waals surface area contributed by atoms with Crippen LogP contribution in [0.25, 0.3) is 10.8 Å². The Hall–Kier alpha value is -1.94. The first kappa shape index (κ1) is 10.2. The van der Waals surface area contributed by atoms with Crippen LogP contribution in [0, 0.1) is 0 Å². The van der Waals surface area contributed by atoms with Gasteiger partial charge in [0, 0.05) is 10.9 Å². The molecule has 0 atom stereocenters. The van der Waals surface area contributed by atoms with Crippen LogP contribution in [0.2, 0.25) is 0 Å². The van der Waals surface area contributed by atoms with Gasteiger partial charge in [-0.25, -0.2) is 0 Å². The first-order valence-corrected chi connectivity index (χ1v) is 5.65. The number of benzene rings is 2. The summed E-state index contributed by atoms with van der Waals surface area (Å²) in [7, 11) is 0. The van der Waals surface area contributed by atoms with Gasteiger partial charge in [0.2, 0.25) is 0 Å². The van der Waals surface area contributed by atoms with Crippen LogP contribution in [0.1, 0.15) is 5.56 Å². The molecule has 4 heteroatoms. The maximum Gasteiger partial charge on any atom is 0.323 e. The first-order valence-electron chi connectivity index (χ1n) is 5.24. The SMILES string of the molecule is O=C(O)CN1C(=S)c2cccc3cccc1c23. The highest BCUT2D eigenvalue weighted by Crippen LogP contribution is 2.37. The molecule has 0 bridgehead atoms. The van der Waals surface area contributed by atoms with Crippen LogP contribution >= 0.6 is 12.2 Å². The van der Waals surface area contributed by atoms with Crippen LogP contribution in [0.4, 0.5) is 5.69 Å². The Morgan fingerprint density at radius 2 is 1.94 bits per heavy atom. The van der Waals surface area contributed by atoms with E-state index in [1.54, 1.807) is 4.90 Å². The van der Waals surface area contributed by atoms with E-state index in [-0.39, 0.29) is 6.54 Å². The molecule has 0 unspecified atom stereocenters. The zero-order valence-electron chi connectivity index (χ0n) is 8.88. The number of carboxylic acid groups (broad SMARTS) is 1. The van der Waals surface area contributed by atoms with Gasteiger partial charge in [0.1, 0.15) is 11.5 Å². The quantitative estimate of drug-likeness (QED) is 0.822. The molecule has 1 aliphatic rings. The monoisotopic (exact) mass is 243 g/mol. The van der Waals surface area contributed by atoms with E-state index in [1.165, 1.54) is 0 Å². The van der Waals surface area contributed by atoms with Gasteiger partial charge in [0.25, 0.3) is 0 Å². The van der Waals surface area contributed by atoms with E-state index >= 15 is 0 Å². The fourth-order valence-electron chi connectivity index (χ4n) is 2.27. The van der Waals surface area contributed by atoms with Gasteiger partial charge in [-0.05, 0) is 11.5 Å². The molecular formula is C13H9NO2S. The average Bonchev–Trinajstić information content (AvgIpc) is 2.57. The van der Waals surface area contributed by atoms with E-state index in [9.17, 15) is 4.79 Å². The van der Waals surface area contributed by atoms with Crippen LogP contribution in [-0.4, -0.2) is 22.6 Å². The number of hydrogen-bond donors (Lipinski definition) is 1. The molecule has 1 heterocycles. The van der Waals surface area contributed by atoms with E-state index in [1.807, 2.05) is 36.4 Å². The molecule has 84 valence electrons. The third-order valence-electron chi connectivity index (χ3n) is 2.94. The molecule has 0 saturated carbocycles. The van der Waals surface area contributed by atoms with Gasteiger partial charge in [-0.2, -0.15) is 0 Å². The Morgan fingerprint density at radius 3 is 2.65 bits per heavy atom. The lowest BCUT2D eigenvalue weighted by Crippen LogP contribution is -2.31. The van der Waals surface area contributed by atoms with Crippen molar-refractivity contribution in [2.24, 2.45) is 0 Å². The van der Waals surface area contributed by atoms with Gasteiger partial charge >= 0.3 is 5.97 Å². The summed E-state index contributed by atoms with van der Waals surface area (Å²) in [5, 5.41) is 11.1. The van der Waals surface area contributed by atoms with Crippen LogP contribution in [-0.2, 0) is 4.79 Å². The number of anilines is 1. The molecule has 0 spiro atoms. The zero-order valence-corrected chi connectivity index (χ0v) is 9.70. The van der Waals surface area contributed by atoms with Gasteiger partial charge in [-0.1, -0.05) is 42.5 Å². The maximum atomic E-state index is 10.9. The van der Waals surface area contributed by atoms with Crippen molar-refractivity contribution in [2.75, 3.05) is 11.4 Å². The van der Waals surface area contributed by atoms with Crippen molar-refractivity contribution in [3.05, 3.63) is 42.0 Å². The van der Waals surface area contributed by atoms with Gasteiger partial charge in [0.15, 0.2) is 0 Å². The number of thiocarbonyl (C=S) groups is 1. The minimum atomic E-state index is -0.878. The molecule has 0 radical (unpaired) electrons. The van der Waals surface area contributed by atoms with Gasteiger partial charge in [0.05, 0.1) is 5.69 Å². The Morgan fingerprint density at radius 1 is 1.24 bits per heavy atom. The number of hydrogen-bond acceptors (Lipinski definition) is 2. The number of carboxylic acids is 1. The standard InChI is InChI=1S/C13H9NO2S/c15-11(16)7-14-10-6-2-4-8-3-1-5-9(12(8)10)13(14)17/h1-6H,7H2,(H,15,16). The minimum Gasteiger partial charge on any atom is -0.480 e. The van der Waals surface area contributed by atoms with Crippen molar-refractivity contribution in [3.63, 3.8) is 0 Å². The summed E-state index contributed by atoms with van der Waals surface area (Å²) in [5.74, 6) is -0.878. The summed E-state index contributed by atoms with van der Waals surface area (Å²) in [6.45, 7) is -0.0906. The molecular weight excluding hydrogens is 234 g/mol. The van der Waals surface area contributed by atoms with E-state index in [0.717, 1.165) is 22.0 Å². The smallest absolute Gasteiger partial charge is 0.323 e. The second-order valence-electron chi connectivity index (χ2n) is 3.97. The fourth-order valence-corrected chi connectivity index (χ4v) is 2.60. The molecule has 0 aliphatic carbocycles. The van der Waals surface area contributed by atoms with Crippen molar-refractivity contribution >= 4 is 39.6 Å². The van der Waals surface area contributed by atoms with E-state index in [2.05, 4.69) is 0 Å². The van der Waals surface area contributed by atoms with Gasteiger partial charge in [-0.15, -0.1) is 0 Å². The molecule has 0 fully saturated rings. The second kappa shape index (κ2) is 3.53. The Bertz CT molecular complexity index is 646. The van der Waals surface area contributed by atoms with Gasteiger partial charge in [-0.3, -0.25) is 4.79 Å². The maximum absolute atomic E-state index is 10.9. The largest absolute Gasteiger partial charge is 0.480 e. The summed E-state index contributed by atoms with van der Waals surface area (Å²) in [6, 6.07) is 11.7. The molecule has 1 N–H and O–H groups in total. The Balaban J connectivity index is 2.27. The van der Waals surface area contributed by atoms with Crippen molar-refractivity contribution < 1.29 is 9.90 Å². The third kappa shape index (κ3) is 1.41. The lowest BCUT2D eigenvalue weighted by molar-refractivity contribution is -0.135. The van der Waals surface area contributed by atoms with E-state index in [0.29, 0.717) is 4.99 Å². The predicted molar refractivity (Wildman–Crippen MR) is 70.6 cm³/mol. The summed E-state index contributed by atoms with van der Waals surface area (Å²) in [6.07, 6.45) is 0. The lowest BCUT2D eigenvalue weighted by Gasteiger charge is -2.16. The molecule has 3 nitrogen and oxygen atoms in total. The molecule has 0 saturated heterocycles. The topological polar surface area (TPSA) is 40.5 Å². The predicted octanol–water partition coefficient (Wildman–Crippen LogP) is 2.42. The van der Waals surface area contributed by atoms with E-state index in [4.69, 9.17) is 17.3 Å². The summed E-state index contributed by atoms with van der Waals surface area (Å²) in [5.41, 5.74) is 1.85. The van der Waals surface area contributed by atoms with Crippen LogP contribution in [0.15, 0.2) is 36.4 Å². The summed E-state index contributed by atoms with van der Waals surface area (Å²) < 4.78 is 0. The van der Waals surface area contributed by atoms with Crippen molar-refractivity contribution in [3.8, 4) is 0 Å². The molecule has 0 aromatic heterocycles. The minimum absolute atomic E-state index is 0.0906. The highest BCUT2D eigenvalue weighted by Gasteiger charge is 2.27. The van der Waals surface area contributed by atoms with Crippen molar-refractivity contribution in [1.29, 1.82) is 0 Å². The van der Waals surface area contributed by atoms with Crippen LogP contribution < -0.4 is 4.90 Å². The molecule has 2 aromatic carbocycles. The van der Waals surface area contributed by atoms with E-state index < -0.39 is 5.97 Å². The zero-order chi connectivity index (χ0) is 12.0. The summed E-state index contributed by atoms with van der Waals surface area (Å²) in [4.78, 5) is 13.1. The number of aliphatic carboxylic acids is 1. The van der Waals surface area contributed by atoms with Crippen LogP contribution in [0.5, 0.6) is 0 Å². The molecule has 17 heavy (non-hydrogen) atoms. The van der Waals surface area contributed by atoms with Crippen molar-refractivity contribution in [2.45, 2.75) is 0 Å². The van der Waals surface area contributed by atoms with Crippen molar-refractivity contribution in [1.82, 2.24) is 0 Å². The molecule has 0 amide bonds.